The minimum atomic E-state index is 0.970. The Morgan fingerprint density at radius 2 is 1.71 bits per heavy atom. The van der Waals surface area contributed by atoms with E-state index >= 15 is 0 Å². The number of rotatable bonds is 3. The number of piperazine rings is 1. The third-order valence-corrected chi connectivity index (χ3v) is 4.58. The van der Waals surface area contributed by atoms with E-state index < -0.39 is 0 Å². The van der Waals surface area contributed by atoms with E-state index in [1.54, 1.807) is 12.4 Å². The van der Waals surface area contributed by atoms with E-state index in [4.69, 9.17) is 0 Å². The van der Waals surface area contributed by atoms with Gasteiger partial charge in [0.2, 0.25) is 0 Å². The molecule has 1 aliphatic rings. The molecule has 0 atom stereocenters. The summed E-state index contributed by atoms with van der Waals surface area (Å²) in [5.41, 5.74) is 5.49. The molecule has 3 heterocycles. The summed E-state index contributed by atoms with van der Waals surface area (Å²) in [7, 11) is 2.18. The third kappa shape index (κ3) is 3.03. The molecule has 0 spiro atoms. The highest BCUT2D eigenvalue weighted by Crippen LogP contribution is 2.27. The number of pyridine rings is 1. The molecule has 0 radical (unpaired) electrons. The molecule has 2 aromatic heterocycles. The highest BCUT2D eigenvalue weighted by molar-refractivity contribution is 5.70. The number of nitrogens with zero attached hydrogens (tertiary/aromatic N) is 4. The molecule has 3 aromatic rings. The van der Waals surface area contributed by atoms with Crippen molar-refractivity contribution in [3.63, 3.8) is 0 Å². The number of hydrogen-bond donors (Lipinski definition) is 1. The lowest BCUT2D eigenvalue weighted by molar-refractivity contribution is 0.313. The standard InChI is InChI=1S/C19H21N5/c1-23-9-11-24(12-10-23)17-4-2-3-16(13-17)19-14-18(21-22-19)15-5-7-20-8-6-15/h2-8,13-14H,9-12H2,1H3,(H,21,22). The summed E-state index contributed by atoms with van der Waals surface area (Å²) in [5.74, 6) is 0. The van der Waals surface area contributed by atoms with E-state index in [-0.39, 0.29) is 0 Å². The first-order chi connectivity index (χ1) is 11.8. The lowest BCUT2D eigenvalue weighted by Gasteiger charge is -2.34. The van der Waals surface area contributed by atoms with Gasteiger partial charge in [0.05, 0.1) is 11.4 Å². The van der Waals surface area contributed by atoms with Crippen molar-refractivity contribution in [2.24, 2.45) is 0 Å². The van der Waals surface area contributed by atoms with Gasteiger partial charge in [-0.05, 0) is 37.4 Å². The van der Waals surface area contributed by atoms with Gasteiger partial charge in [-0.3, -0.25) is 10.1 Å². The van der Waals surface area contributed by atoms with E-state index in [1.165, 1.54) is 5.69 Å². The molecular formula is C19H21N5. The van der Waals surface area contributed by atoms with E-state index in [0.717, 1.165) is 48.7 Å². The van der Waals surface area contributed by atoms with E-state index in [1.807, 2.05) is 12.1 Å². The number of nitrogens with one attached hydrogen (secondary N) is 1. The van der Waals surface area contributed by atoms with Gasteiger partial charge in [-0.25, -0.2) is 0 Å². The molecule has 5 nitrogen and oxygen atoms in total. The van der Waals surface area contributed by atoms with Gasteiger partial charge in [-0.15, -0.1) is 0 Å². The molecule has 122 valence electrons. The quantitative estimate of drug-likeness (QED) is 0.806. The van der Waals surface area contributed by atoms with Crippen LogP contribution < -0.4 is 4.90 Å². The van der Waals surface area contributed by atoms with Gasteiger partial charge in [0, 0.05) is 55.4 Å². The first kappa shape index (κ1) is 14.9. The minimum Gasteiger partial charge on any atom is -0.369 e. The Hall–Kier alpha value is -2.66. The fraction of sp³-hybridized carbons (Fsp3) is 0.263. The molecule has 24 heavy (non-hydrogen) atoms. The Morgan fingerprint density at radius 1 is 0.917 bits per heavy atom. The summed E-state index contributed by atoms with van der Waals surface area (Å²) in [6.07, 6.45) is 3.59. The van der Waals surface area contributed by atoms with Crippen molar-refractivity contribution in [2.75, 3.05) is 38.1 Å². The molecule has 1 saturated heterocycles. The van der Waals surface area contributed by atoms with Crippen LogP contribution in [-0.4, -0.2) is 53.3 Å². The second-order valence-electron chi connectivity index (χ2n) is 6.24. The van der Waals surface area contributed by atoms with Crippen LogP contribution in [0.1, 0.15) is 0 Å². The number of likely N-dealkylation sites (N-methyl/N-ethyl adjacent to an activating group) is 1. The minimum absolute atomic E-state index is 0.970. The molecule has 1 aromatic carbocycles. The predicted molar refractivity (Wildman–Crippen MR) is 97.0 cm³/mol. The van der Waals surface area contributed by atoms with E-state index in [0.29, 0.717) is 0 Å². The number of aromatic amines is 1. The van der Waals surface area contributed by atoms with Gasteiger partial charge in [-0.2, -0.15) is 5.10 Å². The number of aromatic nitrogens is 3. The first-order valence-electron chi connectivity index (χ1n) is 8.29. The SMILES string of the molecule is CN1CCN(c2cccc(-c3cc(-c4ccncc4)[nH]n3)c2)CC1. The zero-order chi connectivity index (χ0) is 16.4. The smallest absolute Gasteiger partial charge is 0.0927 e. The third-order valence-electron chi connectivity index (χ3n) is 4.58. The van der Waals surface area contributed by atoms with Crippen molar-refractivity contribution >= 4 is 5.69 Å². The molecule has 1 fully saturated rings. The Kier molecular flexibility index (Phi) is 4.01. The first-order valence-corrected chi connectivity index (χ1v) is 8.29. The fourth-order valence-electron chi connectivity index (χ4n) is 3.08. The van der Waals surface area contributed by atoms with Crippen LogP contribution in [0.4, 0.5) is 5.69 Å². The number of H-pyrrole nitrogens is 1. The highest BCUT2D eigenvalue weighted by Gasteiger charge is 2.15. The average Bonchev–Trinajstić information content (AvgIpc) is 3.13. The van der Waals surface area contributed by atoms with Crippen LogP contribution in [0.2, 0.25) is 0 Å². The van der Waals surface area contributed by atoms with Gasteiger partial charge in [0.15, 0.2) is 0 Å². The van der Waals surface area contributed by atoms with Crippen molar-refractivity contribution in [2.45, 2.75) is 0 Å². The molecule has 0 amide bonds. The molecule has 4 rings (SSSR count). The second-order valence-corrected chi connectivity index (χ2v) is 6.24. The van der Waals surface area contributed by atoms with Crippen LogP contribution in [0.5, 0.6) is 0 Å². The Morgan fingerprint density at radius 3 is 2.50 bits per heavy atom. The van der Waals surface area contributed by atoms with Crippen LogP contribution in [-0.2, 0) is 0 Å². The van der Waals surface area contributed by atoms with Gasteiger partial charge < -0.3 is 9.80 Å². The van der Waals surface area contributed by atoms with E-state index in [9.17, 15) is 0 Å². The molecule has 1 aliphatic heterocycles. The fourth-order valence-corrected chi connectivity index (χ4v) is 3.08. The maximum atomic E-state index is 4.49. The highest BCUT2D eigenvalue weighted by atomic mass is 15.2. The zero-order valence-corrected chi connectivity index (χ0v) is 13.8. The van der Waals surface area contributed by atoms with Gasteiger partial charge in [0.25, 0.3) is 0 Å². The molecular weight excluding hydrogens is 298 g/mol. The van der Waals surface area contributed by atoms with Crippen LogP contribution in [0.25, 0.3) is 22.5 Å². The van der Waals surface area contributed by atoms with Gasteiger partial charge in [-0.1, -0.05) is 12.1 Å². The van der Waals surface area contributed by atoms with Crippen LogP contribution in [0.15, 0.2) is 54.9 Å². The Bertz CT molecular complexity index is 803. The van der Waals surface area contributed by atoms with E-state index in [2.05, 4.69) is 62.4 Å². The molecule has 0 bridgehead atoms. The molecule has 5 heteroatoms. The van der Waals surface area contributed by atoms with Gasteiger partial charge >= 0.3 is 0 Å². The van der Waals surface area contributed by atoms with Crippen LogP contribution in [0, 0.1) is 0 Å². The maximum absolute atomic E-state index is 4.49. The predicted octanol–water partition coefficient (Wildman–Crippen LogP) is 2.89. The van der Waals surface area contributed by atoms with Gasteiger partial charge in [0.1, 0.15) is 0 Å². The summed E-state index contributed by atoms with van der Waals surface area (Å²) in [5, 5.41) is 7.62. The van der Waals surface area contributed by atoms with Crippen molar-refractivity contribution in [1.82, 2.24) is 20.1 Å². The molecule has 1 N–H and O–H groups in total. The molecule has 0 saturated carbocycles. The van der Waals surface area contributed by atoms with Crippen LogP contribution in [0.3, 0.4) is 0 Å². The summed E-state index contributed by atoms with van der Waals surface area (Å²) >= 11 is 0. The zero-order valence-electron chi connectivity index (χ0n) is 13.8. The molecule has 0 unspecified atom stereocenters. The van der Waals surface area contributed by atoms with Crippen molar-refractivity contribution in [3.8, 4) is 22.5 Å². The summed E-state index contributed by atoms with van der Waals surface area (Å²) in [6, 6.07) is 14.7. The second kappa shape index (κ2) is 6.45. The summed E-state index contributed by atoms with van der Waals surface area (Å²) in [4.78, 5) is 8.88. The topological polar surface area (TPSA) is 48.0 Å². The number of anilines is 1. The monoisotopic (exact) mass is 319 g/mol. The number of benzene rings is 1. The summed E-state index contributed by atoms with van der Waals surface area (Å²) in [6.45, 7) is 4.36. The van der Waals surface area contributed by atoms with Crippen molar-refractivity contribution in [1.29, 1.82) is 0 Å². The van der Waals surface area contributed by atoms with Crippen molar-refractivity contribution < 1.29 is 0 Å². The van der Waals surface area contributed by atoms with Crippen molar-refractivity contribution in [3.05, 3.63) is 54.9 Å². The normalized spacial score (nSPS) is 15.6. The Labute approximate surface area is 142 Å². The lowest BCUT2D eigenvalue weighted by atomic mass is 10.1. The largest absolute Gasteiger partial charge is 0.369 e. The maximum Gasteiger partial charge on any atom is 0.0927 e. The average molecular weight is 319 g/mol. The van der Waals surface area contributed by atoms with Crippen LogP contribution >= 0.6 is 0 Å². The lowest BCUT2D eigenvalue weighted by Crippen LogP contribution is -2.44. The number of hydrogen-bond acceptors (Lipinski definition) is 4. The molecule has 0 aliphatic carbocycles. The summed E-state index contributed by atoms with van der Waals surface area (Å²) < 4.78 is 0. The Balaban J connectivity index is 1.59.